The summed E-state index contributed by atoms with van der Waals surface area (Å²) >= 11 is 0. The number of nitrogens with zero attached hydrogens (tertiary/aromatic N) is 1. The largest absolute Gasteiger partial charge is 0.314 e. The van der Waals surface area contributed by atoms with Gasteiger partial charge in [0.05, 0.1) is 0 Å². The Bertz CT molecular complexity index is 177. The van der Waals surface area contributed by atoms with Gasteiger partial charge in [-0.15, -0.1) is 0 Å². The molecule has 2 heteroatoms. The fourth-order valence-electron chi connectivity index (χ4n) is 2.19. The predicted molar refractivity (Wildman–Crippen MR) is 62.6 cm³/mol. The van der Waals surface area contributed by atoms with Gasteiger partial charge in [-0.2, -0.15) is 0 Å². The Morgan fingerprint density at radius 1 is 1.29 bits per heavy atom. The number of rotatable bonds is 3. The molecular formula is C12H26N2. The van der Waals surface area contributed by atoms with Gasteiger partial charge in [-0.25, -0.2) is 0 Å². The first-order chi connectivity index (χ1) is 6.44. The fourth-order valence-corrected chi connectivity index (χ4v) is 2.19. The van der Waals surface area contributed by atoms with Gasteiger partial charge in [0.2, 0.25) is 0 Å². The van der Waals surface area contributed by atoms with Gasteiger partial charge in [-0.05, 0) is 46.6 Å². The van der Waals surface area contributed by atoms with Crippen molar-refractivity contribution in [1.82, 2.24) is 10.2 Å². The molecule has 1 rings (SSSR count). The van der Waals surface area contributed by atoms with Crippen LogP contribution in [0.25, 0.3) is 0 Å². The summed E-state index contributed by atoms with van der Waals surface area (Å²) in [6.07, 6.45) is 2.76. The zero-order valence-electron chi connectivity index (χ0n) is 10.4. The third-order valence-electron chi connectivity index (χ3n) is 3.52. The molecule has 0 saturated carbocycles. The van der Waals surface area contributed by atoms with Gasteiger partial charge in [-0.1, -0.05) is 6.92 Å². The molecule has 0 aromatic carbocycles. The summed E-state index contributed by atoms with van der Waals surface area (Å²) in [6.45, 7) is 11.7. The van der Waals surface area contributed by atoms with Gasteiger partial charge in [0.15, 0.2) is 0 Å². The van der Waals surface area contributed by atoms with E-state index in [0.717, 1.165) is 18.5 Å². The molecule has 0 bridgehead atoms. The average molecular weight is 198 g/mol. The topological polar surface area (TPSA) is 15.3 Å². The SMILES string of the molecule is CNC(C)(C)CN1CC(C)CCC1C. The molecule has 2 unspecified atom stereocenters. The highest BCUT2D eigenvalue weighted by Crippen LogP contribution is 2.22. The predicted octanol–water partition coefficient (Wildman–Crippen LogP) is 2.10. The monoisotopic (exact) mass is 198 g/mol. The van der Waals surface area contributed by atoms with Crippen molar-refractivity contribution in [3.63, 3.8) is 0 Å². The van der Waals surface area contributed by atoms with Gasteiger partial charge >= 0.3 is 0 Å². The summed E-state index contributed by atoms with van der Waals surface area (Å²) in [7, 11) is 2.05. The molecule has 1 fully saturated rings. The van der Waals surface area contributed by atoms with Crippen molar-refractivity contribution in [1.29, 1.82) is 0 Å². The lowest BCUT2D eigenvalue weighted by Crippen LogP contribution is -2.52. The van der Waals surface area contributed by atoms with Crippen LogP contribution in [-0.4, -0.2) is 36.6 Å². The summed E-state index contributed by atoms with van der Waals surface area (Å²) in [5, 5.41) is 3.38. The molecule has 14 heavy (non-hydrogen) atoms. The van der Waals surface area contributed by atoms with Crippen LogP contribution in [0, 0.1) is 5.92 Å². The number of hydrogen-bond acceptors (Lipinski definition) is 2. The van der Waals surface area contributed by atoms with Crippen LogP contribution >= 0.6 is 0 Å². The number of piperidine rings is 1. The lowest BCUT2D eigenvalue weighted by molar-refractivity contribution is 0.0959. The second-order valence-corrected chi connectivity index (χ2v) is 5.59. The number of nitrogens with one attached hydrogen (secondary N) is 1. The maximum atomic E-state index is 3.38. The molecule has 0 spiro atoms. The average Bonchev–Trinajstić information content (AvgIpc) is 2.11. The van der Waals surface area contributed by atoms with Crippen LogP contribution in [0.5, 0.6) is 0 Å². The first-order valence-corrected chi connectivity index (χ1v) is 5.87. The van der Waals surface area contributed by atoms with E-state index < -0.39 is 0 Å². The molecule has 0 aromatic rings. The molecular weight excluding hydrogens is 172 g/mol. The lowest BCUT2D eigenvalue weighted by Gasteiger charge is -2.41. The van der Waals surface area contributed by atoms with E-state index in [2.05, 4.69) is 45.0 Å². The third kappa shape index (κ3) is 3.25. The third-order valence-corrected chi connectivity index (χ3v) is 3.52. The lowest BCUT2D eigenvalue weighted by atomic mass is 9.93. The van der Waals surface area contributed by atoms with Gasteiger partial charge in [0.1, 0.15) is 0 Å². The maximum absolute atomic E-state index is 3.38. The van der Waals surface area contributed by atoms with Crippen LogP contribution in [0.3, 0.4) is 0 Å². The van der Waals surface area contributed by atoms with Crippen LogP contribution < -0.4 is 5.32 Å². The molecule has 0 amide bonds. The minimum atomic E-state index is 0.241. The second-order valence-electron chi connectivity index (χ2n) is 5.59. The maximum Gasteiger partial charge on any atom is 0.0249 e. The second kappa shape index (κ2) is 4.63. The molecule has 1 aliphatic heterocycles. The quantitative estimate of drug-likeness (QED) is 0.747. The molecule has 0 aromatic heterocycles. The highest BCUT2D eigenvalue weighted by molar-refractivity contribution is 4.85. The van der Waals surface area contributed by atoms with Crippen molar-refractivity contribution >= 4 is 0 Å². The Balaban J connectivity index is 2.49. The van der Waals surface area contributed by atoms with Gasteiger partial charge < -0.3 is 5.32 Å². The molecule has 1 aliphatic rings. The molecule has 2 nitrogen and oxygen atoms in total. The van der Waals surface area contributed by atoms with Crippen molar-refractivity contribution in [2.75, 3.05) is 20.1 Å². The minimum Gasteiger partial charge on any atom is -0.314 e. The number of likely N-dealkylation sites (N-methyl/N-ethyl adjacent to an activating group) is 1. The zero-order valence-corrected chi connectivity index (χ0v) is 10.4. The van der Waals surface area contributed by atoms with Crippen LogP contribution in [0.1, 0.15) is 40.5 Å². The summed E-state index contributed by atoms with van der Waals surface area (Å²) in [5.74, 6) is 0.874. The van der Waals surface area contributed by atoms with Crippen LogP contribution in [-0.2, 0) is 0 Å². The number of hydrogen-bond donors (Lipinski definition) is 1. The van der Waals surface area contributed by atoms with E-state index in [0.29, 0.717) is 0 Å². The molecule has 2 atom stereocenters. The fraction of sp³-hybridized carbons (Fsp3) is 1.00. The van der Waals surface area contributed by atoms with E-state index in [1.165, 1.54) is 19.4 Å². The van der Waals surface area contributed by atoms with E-state index in [1.807, 2.05) is 0 Å². The van der Waals surface area contributed by atoms with Crippen molar-refractivity contribution in [3.8, 4) is 0 Å². The highest BCUT2D eigenvalue weighted by atomic mass is 15.2. The standard InChI is InChI=1S/C12H26N2/c1-10-6-7-11(2)14(8-10)9-12(3,4)13-5/h10-11,13H,6-9H2,1-5H3. The molecule has 0 radical (unpaired) electrons. The Labute approximate surface area is 89.1 Å². The highest BCUT2D eigenvalue weighted by Gasteiger charge is 2.27. The van der Waals surface area contributed by atoms with E-state index in [1.54, 1.807) is 0 Å². The summed E-state index contributed by atoms with van der Waals surface area (Å²) < 4.78 is 0. The zero-order chi connectivity index (χ0) is 10.8. The molecule has 1 saturated heterocycles. The van der Waals surface area contributed by atoms with Gasteiger partial charge in [0, 0.05) is 24.7 Å². The normalized spacial score (nSPS) is 30.6. The first-order valence-electron chi connectivity index (χ1n) is 5.87. The Morgan fingerprint density at radius 2 is 1.93 bits per heavy atom. The summed E-state index contributed by atoms with van der Waals surface area (Å²) in [5.41, 5.74) is 0.241. The van der Waals surface area contributed by atoms with E-state index in [9.17, 15) is 0 Å². The summed E-state index contributed by atoms with van der Waals surface area (Å²) in [4.78, 5) is 2.63. The van der Waals surface area contributed by atoms with Crippen molar-refractivity contribution in [3.05, 3.63) is 0 Å². The smallest absolute Gasteiger partial charge is 0.0249 e. The molecule has 84 valence electrons. The summed E-state index contributed by atoms with van der Waals surface area (Å²) in [6, 6.07) is 0.763. The Hall–Kier alpha value is -0.0800. The first kappa shape index (κ1) is 12.0. The molecule has 0 aliphatic carbocycles. The minimum absolute atomic E-state index is 0.241. The van der Waals surface area contributed by atoms with Crippen LogP contribution in [0.15, 0.2) is 0 Å². The Kier molecular flexibility index (Phi) is 3.96. The van der Waals surface area contributed by atoms with Crippen LogP contribution in [0.4, 0.5) is 0 Å². The molecule has 1 N–H and O–H groups in total. The number of likely N-dealkylation sites (tertiary alicyclic amines) is 1. The Morgan fingerprint density at radius 3 is 2.50 bits per heavy atom. The van der Waals surface area contributed by atoms with Crippen molar-refractivity contribution in [2.45, 2.75) is 52.1 Å². The van der Waals surface area contributed by atoms with Gasteiger partial charge in [0.25, 0.3) is 0 Å². The van der Waals surface area contributed by atoms with Crippen molar-refractivity contribution in [2.24, 2.45) is 5.92 Å². The van der Waals surface area contributed by atoms with Crippen molar-refractivity contribution < 1.29 is 0 Å². The van der Waals surface area contributed by atoms with E-state index in [-0.39, 0.29) is 5.54 Å². The van der Waals surface area contributed by atoms with Crippen LogP contribution in [0.2, 0.25) is 0 Å². The molecule has 1 heterocycles. The van der Waals surface area contributed by atoms with E-state index in [4.69, 9.17) is 0 Å². The van der Waals surface area contributed by atoms with E-state index >= 15 is 0 Å². The van der Waals surface area contributed by atoms with Gasteiger partial charge in [-0.3, -0.25) is 4.90 Å².